The summed E-state index contributed by atoms with van der Waals surface area (Å²) in [6.45, 7) is 0. The molecule has 2 atom stereocenters. The van der Waals surface area contributed by atoms with E-state index in [1.54, 1.807) is 13.1 Å². The first-order chi connectivity index (χ1) is 8.00. The number of carbonyl (C=O) groups excluding carboxylic acids is 1. The van der Waals surface area contributed by atoms with E-state index in [1.807, 2.05) is 0 Å². The van der Waals surface area contributed by atoms with E-state index in [-0.39, 0.29) is 12.3 Å². The van der Waals surface area contributed by atoms with E-state index in [9.17, 15) is 14.0 Å². The van der Waals surface area contributed by atoms with Crippen LogP contribution in [0.4, 0.5) is 4.39 Å². The van der Waals surface area contributed by atoms with Crippen molar-refractivity contribution in [2.24, 2.45) is 5.92 Å². The van der Waals surface area contributed by atoms with Crippen LogP contribution in [0.3, 0.4) is 0 Å². The monoisotopic (exact) mass is 237 g/mol. The van der Waals surface area contributed by atoms with Gasteiger partial charge >= 0.3 is 5.97 Å². The third kappa shape index (κ3) is 2.00. The topological polar surface area (TPSA) is 57.6 Å². The molecule has 5 heteroatoms. The van der Waals surface area contributed by atoms with Crippen molar-refractivity contribution in [2.75, 3.05) is 7.05 Å². The number of amides is 1. The second-order valence-corrected chi connectivity index (χ2v) is 4.15. The Morgan fingerprint density at radius 3 is 2.82 bits per heavy atom. The molecule has 1 amide bonds. The number of nitrogens with zero attached hydrogens (tertiary/aromatic N) is 1. The number of likely N-dealkylation sites (tertiary alicyclic amines) is 1. The Labute approximate surface area is 97.7 Å². The molecule has 0 bridgehead atoms. The van der Waals surface area contributed by atoms with E-state index in [0.29, 0.717) is 5.56 Å². The van der Waals surface area contributed by atoms with Crippen LogP contribution in [-0.2, 0) is 9.59 Å². The van der Waals surface area contributed by atoms with Crippen LogP contribution in [-0.4, -0.2) is 28.9 Å². The lowest BCUT2D eigenvalue weighted by atomic mass is 9.94. The number of hydrogen-bond donors (Lipinski definition) is 1. The largest absolute Gasteiger partial charge is 0.481 e. The zero-order valence-electron chi connectivity index (χ0n) is 9.26. The standard InChI is InChI=1S/C12H12FNO3/c1-14-10(15)6-9(12(16)17)11(14)7-3-2-4-8(13)5-7/h2-5,9,11H,6H2,1H3,(H,16,17)/t9-,11+/m0/s1. The van der Waals surface area contributed by atoms with E-state index >= 15 is 0 Å². The van der Waals surface area contributed by atoms with Crippen molar-refractivity contribution in [1.29, 1.82) is 0 Å². The number of hydrogen-bond acceptors (Lipinski definition) is 2. The molecule has 1 N–H and O–H groups in total. The molecule has 1 fully saturated rings. The highest BCUT2D eigenvalue weighted by atomic mass is 19.1. The number of benzene rings is 1. The van der Waals surface area contributed by atoms with Crippen LogP contribution in [0.1, 0.15) is 18.0 Å². The van der Waals surface area contributed by atoms with Crippen LogP contribution >= 0.6 is 0 Å². The van der Waals surface area contributed by atoms with Crippen LogP contribution < -0.4 is 0 Å². The molecule has 1 aromatic carbocycles. The van der Waals surface area contributed by atoms with Crippen LogP contribution in [0.15, 0.2) is 24.3 Å². The first-order valence-corrected chi connectivity index (χ1v) is 5.24. The average Bonchev–Trinajstić information content (AvgIpc) is 2.56. The van der Waals surface area contributed by atoms with Crippen molar-refractivity contribution >= 4 is 11.9 Å². The fraction of sp³-hybridized carbons (Fsp3) is 0.333. The number of aliphatic carboxylic acids is 1. The molecule has 4 nitrogen and oxygen atoms in total. The maximum Gasteiger partial charge on any atom is 0.309 e. The molecular formula is C12H12FNO3. The molecular weight excluding hydrogens is 225 g/mol. The van der Waals surface area contributed by atoms with E-state index < -0.39 is 23.7 Å². The van der Waals surface area contributed by atoms with Gasteiger partial charge < -0.3 is 10.0 Å². The van der Waals surface area contributed by atoms with Crippen LogP contribution in [0, 0.1) is 11.7 Å². The summed E-state index contributed by atoms with van der Waals surface area (Å²) >= 11 is 0. The summed E-state index contributed by atoms with van der Waals surface area (Å²) in [7, 11) is 1.54. The molecule has 1 aromatic rings. The summed E-state index contributed by atoms with van der Waals surface area (Å²) in [6.07, 6.45) is -0.0347. The van der Waals surface area contributed by atoms with Gasteiger partial charge in [-0.15, -0.1) is 0 Å². The van der Waals surface area contributed by atoms with Gasteiger partial charge in [0.2, 0.25) is 5.91 Å². The zero-order chi connectivity index (χ0) is 12.6. The number of halogens is 1. The molecule has 0 radical (unpaired) electrons. The first kappa shape index (κ1) is 11.6. The number of carbonyl (C=O) groups is 2. The summed E-state index contributed by atoms with van der Waals surface area (Å²) in [5.41, 5.74) is 0.519. The van der Waals surface area contributed by atoms with Gasteiger partial charge in [0.25, 0.3) is 0 Å². The zero-order valence-corrected chi connectivity index (χ0v) is 9.26. The van der Waals surface area contributed by atoms with Gasteiger partial charge in [-0.1, -0.05) is 12.1 Å². The van der Waals surface area contributed by atoms with Gasteiger partial charge in [-0.2, -0.15) is 0 Å². The van der Waals surface area contributed by atoms with E-state index in [1.165, 1.54) is 23.1 Å². The third-order valence-electron chi connectivity index (χ3n) is 3.09. The van der Waals surface area contributed by atoms with E-state index in [2.05, 4.69) is 0 Å². The predicted molar refractivity (Wildman–Crippen MR) is 57.7 cm³/mol. The highest BCUT2D eigenvalue weighted by Gasteiger charge is 2.42. The molecule has 0 aromatic heterocycles. The Kier molecular flexibility index (Phi) is 2.83. The molecule has 1 aliphatic heterocycles. The molecule has 0 spiro atoms. The van der Waals surface area contributed by atoms with Crippen molar-refractivity contribution < 1.29 is 19.1 Å². The molecule has 1 saturated heterocycles. The minimum Gasteiger partial charge on any atom is -0.481 e. The Balaban J connectivity index is 2.40. The lowest BCUT2D eigenvalue weighted by molar-refractivity contribution is -0.142. The highest BCUT2D eigenvalue weighted by Crippen LogP contribution is 2.37. The molecule has 0 unspecified atom stereocenters. The summed E-state index contributed by atoms with van der Waals surface area (Å²) in [5.74, 6) is -2.50. The molecule has 2 rings (SSSR count). The van der Waals surface area contributed by atoms with Crippen molar-refractivity contribution in [3.63, 3.8) is 0 Å². The molecule has 17 heavy (non-hydrogen) atoms. The minimum atomic E-state index is -1.03. The summed E-state index contributed by atoms with van der Waals surface area (Å²) in [4.78, 5) is 24.0. The molecule has 0 saturated carbocycles. The van der Waals surface area contributed by atoms with Gasteiger partial charge in [0.05, 0.1) is 12.0 Å². The Morgan fingerprint density at radius 1 is 1.53 bits per heavy atom. The van der Waals surface area contributed by atoms with Gasteiger partial charge in [0.1, 0.15) is 5.82 Å². The van der Waals surface area contributed by atoms with Crippen molar-refractivity contribution in [3.8, 4) is 0 Å². The summed E-state index contributed by atoms with van der Waals surface area (Å²) in [5, 5.41) is 9.08. The van der Waals surface area contributed by atoms with Crippen molar-refractivity contribution in [2.45, 2.75) is 12.5 Å². The molecule has 1 aliphatic rings. The lowest BCUT2D eigenvalue weighted by Gasteiger charge is -2.23. The number of carboxylic acids is 1. The fourth-order valence-corrected chi connectivity index (χ4v) is 2.24. The van der Waals surface area contributed by atoms with E-state index in [4.69, 9.17) is 5.11 Å². The lowest BCUT2D eigenvalue weighted by Crippen LogP contribution is -2.26. The second-order valence-electron chi connectivity index (χ2n) is 4.15. The Morgan fingerprint density at radius 2 is 2.24 bits per heavy atom. The minimum absolute atomic E-state index is 0.0347. The second kappa shape index (κ2) is 4.16. The highest BCUT2D eigenvalue weighted by molar-refractivity contribution is 5.87. The number of carboxylic acid groups (broad SMARTS) is 1. The van der Waals surface area contributed by atoms with Crippen molar-refractivity contribution in [3.05, 3.63) is 35.6 Å². The van der Waals surface area contributed by atoms with Crippen molar-refractivity contribution in [1.82, 2.24) is 4.90 Å². The third-order valence-corrected chi connectivity index (χ3v) is 3.09. The van der Waals surface area contributed by atoms with Crippen LogP contribution in [0.5, 0.6) is 0 Å². The maximum atomic E-state index is 13.1. The molecule has 0 aliphatic carbocycles. The normalized spacial score (nSPS) is 24.1. The van der Waals surface area contributed by atoms with Gasteiger partial charge in [-0.25, -0.2) is 4.39 Å². The fourth-order valence-electron chi connectivity index (χ4n) is 2.24. The molecule has 90 valence electrons. The van der Waals surface area contributed by atoms with E-state index in [0.717, 1.165) is 0 Å². The van der Waals surface area contributed by atoms with Gasteiger partial charge in [0, 0.05) is 13.5 Å². The van der Waals surface area contributed by atoms with Gasteiger partial charge in [-0.3, -0.25) is 9.59 Å². The first-order valence-electron chi connectivity index (χ1n) is 5.24. The maximum absolute atomic E-state index is 13.1. The quantitative estimate of drug-likeness (QED) is 0.846. The van der Waals surface area contributed by atoms with Gasteiger partial charge in [0.15, 0.2) is 0 Å². The Bertz CT molecular complexity index is 475. The Hall–Kier alpha value is -1.91. The van der Waals surface area contributed by atoms with Gasteiger partial charge in [-0.05, 0) is 17.7 Å². The average molecular weight is 237 g/mol. The molecule has 1 heterocycles. The number of rotatable bonds is 2. The summed E-state index contributed by atoms with van der Waals surface area (Å²) in [6, 6.07) is 5.13. The predicted octanol–water partition coefficient (Wildman–Crippen LogP) is 1.43. The van der Waals surface area contributed by atoms with Crippen LogP contribution in [0.25, 0.3) is 0 Å². The summed E-state index contributed by atoms with van der Waals surface area (Å²) < 4.78 is 13.1. The smallest absolute Gasteiger partial charge is 0.309 e. The van der Waals surface area contributed by atoms with Crippen LogP contribution in [0.2, 0.25) is 0 Å². The SMILES string of the molecule is CN1C(=O)C[C@H](C(=O)O)[C@H]1c1cccc(F)c1.